The standard InChI is InChI=1S/C12H26O2/c1-10(2)6-7-11(3)12(8-13-4)9-14-5/h10-12H,6-9H2,1-5H3. The van der Waals surface area contributed by atoms with Crippen LogP contribution in [0.2, 0.25) is 0 Å². The maximum absolute atomic E-state index is 5.20. The van der Waals surface area contributed by atoms with E-state index in [-0.39, 0.29) is 0 Å². The van der Waals surface area contributed by atoms with Crippen molar-refractivity contribution in [2.45, 2.75) is 33.6 Å². The molecule has 14 heavy (non-hydrogen) atoms. The van der Waals surface area contributed by atoms with Gasteiger partial charge in [-0.1, -0.05) is 33.6 Å². The van der Waals surface area contributed by atoms with Crippen LogP contribution in [0.4, 0.5) is 0 Å². The van der Waals surface area contributed by atoms with E-state index < -0.39 is 0 Å². The second-order valence-electron chi connectivity index (χ2n) is 4.62. The summed E-state index contributed by atoms with van der Waals surface area (Å²) in [5, 5.41) is 0. The van der Waals surface area contributed by atoms with Crippen LogP contribution in [0.5, 0.6) is 0 Å². The SMILES string of the molecule is COCC(COC)C(C)CCC(C)C. The molecule has 0 aromatic heterocycles. The van der Waals surface area contributed by atoms with Crippen molar-refractivity contribution < 1.29 is 9.47 Å². The van der Waals surface area contributed by atoms with Gasteiger partial charge in [0, 0.05) is 20.1 Å². The molecule has 0 heterocycles. The molecule has 2 heteroatoms. The van der Waals surface area contributed by atoms with Gasteiger partial charge in [-0.25, -0.2) is 0 Å². The zero-order chi connectivity index (χ0) is 11.0. The van der Waals surface area contributed by atoms with E-state index in [9.17, 15) is 0 Å². The van der Waals surface area contributed by atoms with Crippen LogP contribution in [-0.4, -0.2) is 27.4 Å². The van der Waals surface area contributed by atoms with Gasteiger partial charge in [0.05, 0.1) is 13.2 Å². The van der Waals surface area contributed by atoms with Crippen molar-refractivity contribution in [1.29, 1.82) is 0 Å². The Morgan fingerprint density at radius 3 is 1.71 bits per heavy atom. The lowest BCUT2D eigenvalue weighted by Gasteiger charge is -2.23. The van der Waals surface area contributed by atoms with Crippen molar-refractivity contribution >= 4 is 0 Å². The molecule has 0 amide bonds. The summed E-state index contributed by atoms with van der Waals surface area (Å²) >= 11 is 0. The minimum absolute atomic E-state index is 0.545. The predicted molar refractivity (Wildman–Crippen MR) is 60.5 cm³/mol. The molecule has 0 rings (SSSR count). The number of ether oxygens (including phenoxy) is 2. The fourth-order valence-corrected chi connectivity index (χ4v) is 1.64. The zero-order valence-corrected chi connectivity index (χ0v) is 10.4. The minimum Gasteiger partial charge on any atom is -0.384 e. The molecule has 1 atom stereocenters. The Kier molecular flexibility index (Phi) is 8.20. The van der Waals surface area contributed by atoms with E-state index in [1.54, 1.807) is 14.2 Å². The quantitative estimate of drug-likeness (QED) is 0.602. The van der Waals surface area contributed by atoms with E-state index in [1.807, 2.05) is 0 Å². The normalized spacial score (nSPS) is 13.9. The van der Waals surface area contributed by atoms with Crippen molar-refractivity contribution in [2.24, 2.45) is 17.8 Å². The molecule has 2 nitrogen and oxygen atoms in total. The summed E-state index contributed by atoms with van der Waals surface area (Å²) in [7, 11) is 3.52. The fourth-order valence-electron chi connectivity index (χ4n) is 1.64. The van der Waals surface area contributed by atoms with E-state index in [2.05, 4.69) is 20.8 Å². The first-order valence-electron chi connectivity index (χ1n) is 5.59. The summed E-state index contributed by atoms with van der Waals surface area (Å²) in [5.74, 6) is 2.03. The monoisotopic (exact) mass is 202 g/mol. The average Bonchev–Trinajstić information content (AvgIpc) is 2.14. The van der Waals surface area contributed by atoms with Crippen LogP contribution in [0.3, 0.4) is 0 Å². The largest absolute Gasteiger partial charge is 0.384 e. The second-order valence-corrected chi connectivity index (χ2v) is 4.62. The van der Waals surface area contributed by atoms with Crippen molar-refractivity contribution in [3.8, 4) is 0 Å². The third-order valence-corrected chi connectivity index (χ3v) is 2.77. The van der Waals surface area contributed by atoms with Gasteiger partial charge in [0.1, 0.15) is 0 Å². The maximum Gasteiger partial charge on any atom is 0.0515 e. The first-order chi connectivity index (χ1) is 6.61. The molecule has 0 aromatic carbocycles. The lowest BCUT2D eigenvalue weighted by atomic mass is 9.89. The van der Waals surface area contributed by atoms with E-state index in [0.717, 1.165) is 19.1 Å². The van der Waals surface area contributed by atoms with Crippen LogP contribution < -0.4 is 0 Å². The van der Waals surface area contributed by atoms with E-state index in [4.69, 9.17) is 9.47 Å². The maximum atomic E-state index is 5.20. The Bertz CT molecular complexity index is 117. The van der Waals surface area contributed by atoms with Gasteiger partial charge in [0.2, 0.25) is 0 Å². The van der Waals surface area contributed by atoms with Gasteiger partial charge in [-0.05, 0) is 11.8 Å². The van der Waals surface area contributed by atoms with E-state index in [0.29, 0.717) is 11.8 Å². The summed E-state index contributed by atoms with van der Waals surface area (Å²) in [5.41, 5.74) is 0. The van der Waals surface area contributed by atoms with Crippen LogP contribution in [-0.2, 0) is 9.47 Å². The molecule has 0 saturated heterocycles. The number of hydrogen-bond donors (Lipinski definition) is 0. The summed E-state index contributed by atoms with van der Waals surface area (Å²) < 4.78 is 10.4. The Morgan fingerprint density at radius 2 is 1.36 bits per heavy atom. The third-order valence-electron chi connectivity index (χ3n) is 2.77. The Balaban J connectivity index is 3.81. The van der Waals surface area contributed by atoms with Crippen LogP contribution in [0.25, 0.3) is 0 Å². The van der Waals surface area contributed by atoms with E-state index >= 15 is 0 Å². The van der Waals surface area contributed by atoms with Crippen molar-refractivity contribution in [3.63, 3.8) is 0 Å². The Morgan fingerprint density at radius 1 is 0.857 bits per heavy atom. The number of rotatable bonds is 8. The smallest absolute Gasteiger partial charge is 0.0515 e. The van der Waals surface area contributed by atoms with Gasteiger partial charge in [0.25, 0.3) is 0 Å². The molecular formula is C12H26O2. The van der Waals surface area contributed by atoms with Gasteiger partial charge < -0.3 is 9.47 Å². The van der Waals surface area contributed by atoms with E-state index in [1.165, 1.54) is 12.8 Å². The predicted octanol–water partition coefficient (Wildman–Crippen LogP) is 2.97. The molecular weight excluding hydrogens is 176 g/mol. The number of methoxy groups -OCH3 is 2. The van der Waals surface area contributed by atoms with Crippen LogP contribution >= 0.6 is 0 Å². The first kappa shape index (κ1) is 13.9. The summed E-state index contributed by atoms with van der Waals surface area (Å²) in [6, 6.07) is 0. The summed E-state index contributed by atoms with van der Waals surface area (Å²) in [6.07, 6.45) is 2.57. The highest BCUT2D eigenvalue weighted by atomic mass is 16.5. The molecule has 0 aliphatic carbocycles. The highest BCUT2D eigenvalue weighted by Gasteiger charge is 2.17. The Hall–Kier alpha value is -0.0800. The second kappa shape index (κ2) is 8.25. The van der Waals surface area contributed by atoms with Gasteiger partial charge in [0.15, 0.2) is 0 Å². The molecule has 1 unspecified atom stereocenters. The summed E-state index contributed by atoms with van der Waals surface area (Å²) in [4.78, 5) is 0. The van der Waals surface area contributed by atoms with Crippen LogP contribution in [0, 0.1) is 17.8 Å². The average molecular weight is 202 g/mol. The van der Waals surface area contributed by atoms with Gasteiger partial charge in [-0.3, -0.25) is 0 Å². The third kappa shape index (κ3) is 6.39. The molecule has 0 bridgehead atoms. The molecule has 0 aliphatic heterocycles. The van der Waals surface area contributed by atoms with Crippen molar-refractivity contribution in [1.82, 2.24) is 0 Å². The van der Waals surface area contributed by atoms with Crippen LogP contribution in [0.15, 0.2) is 0 Å². The molecule has 0 spiro atoms. The van der Waals surface area contributed by atoms with Crippen molar-refractivity contribution in [2.75, 3.05) is 27.4 Å². The lowest BCUT2D eigenvalue weighted by molar-refractivity contribution is 0.0547. The minimum atomic E-state index is 0.545. The summed E-state index contributed by atoms with van der Waals surface area (Å²) in [6.45, 7) is 8.47. The molecule has 0 radical (unpaired) electrons. The molecule has 0 aromatic rings. The van der Waals surface area contributed by atoms with Crippen LogP contribution in [0.1, 0.15) is 33.6 Å². The van der Waals surface area contributed by atoms with Gasteiger partial charge in [-0.2, -0.15) is 0 Å². The highest BCUT2D eigenvalue weighted by Crippen LogP contribution is 2.20. The molecule has 86 valence electrons. The lowest BCUT2D eigenvalue weighted by Crippen LogP contribution is -2.22. The topological polar surface area (TPSA) is 18.5 Å². The number of hydrogen-bond acceptors (Lipinski definition) is 2. The molecule has 0 aliphatic rings. The molecule has 0 N–H and O–H groups in total. The molecule has 0 fully saturated rings. The fraction of sp³-hybridized carbons (Fsp3) is 1.00. The molecule has 0 saturated carbocycles. The van der Waals surface area contributed by atoms with Crippen molar-refractivity contribution in [3.05, 3.63) is 0 Å². The Labute approximate surface area is 89.0 Å². The van der Waals surface area contributed by atoms with Gasteiger partial charge in [-0.15, -0.1) is 0 Å². The zero-order valence-electron chi connectivity index (χ0n) is 10.4. The first-order valence-corrected chi connectivity index (χ1v) is 5.59. The van der Waals surface area contributed by atoms with Gasteiger partial charge >= 0.3 is 0 Å². The highest BCUT2D eigenvalue weighted by molar-refractivity contribution is 4.66.